The molecule has 2 atom stereocenters. The highest BCUT2D eigenvalue weighted by Crippen LogP contribution is 2.21. The largest absolute Gasteiger partial charge is 0.376 e. The van der Waals surface area contributed by atoms with Crippen molar-refractivity contribution in [3.05, 3.63) is 0 Å². The molecule has 2 aliphatic rings. The van der Waals surface area contributed by atoms with Gasteiger partial charge >= 0.3 is 0 Å². The van der Waals surface area contributed by atoms with E-state index in [2.05, 4.69) is 19.2 Å². The molecule has 1 N–H and O–H groups in total. The summed E-state index contributed by atoms with van der Waals surface area (Å²) in [7, 11) is 0. The molecule has 2 aliphatic heterocycles. The van der Waals surface area contributed by atoms with E-state index in [0.29, 0.717) is 24.2 Å². The van der Waals surface area contributed by atoms with Gasteiger partial charge in [0.2, 0.25) is 0 Å². The molecule has 0 saturated carbocycles. The van der Waals surface area contributed by atoms with E-state index in [4.69, 9.17) is 9.47 Å². The van der Waals surface area contributed by atoms with Crippen LogP contribution in [0.25, 0.3) is 0 Å². The molecule has 3 nitrogen and oxygen atoms in total. The van der Waals surface area contributed by atoms with Crippen LogP contribution in [0.2, 0.25) is 0 Å². The van der Waals surface area contributed by atoms with Crippen LogP contribution in [0.15, 0.2) is 0 Å². The molecule has 0 aromatic heterocycles. The van der Waals surface area contributed by atoms with Crippen molar-refractivity contribution >= 4 is 0 Å². The van der Waals surface area contributed by atoms with E-state index in [1.165, 1.54) is 25.8 Å². The minimum absolute atomic E-state index is 0.357. The lowest BCUT2D eigenvalue weighted by atomic mass is 9.94. The molecule has 0 unspecified atom stereocenters. The molecule has 2 heterocycles. The normalized spacial score (nSPS) is 29.1. The molecule has 3 heteroatoms. The zero-order valence-electron chi connectivity index (χ0n) is 10.6. The maximum atomic E-state index is 6.09. The van der Waals surface area contributed by atoms with Crippen LogP contribution < -0.4 is 5.32 Å². The fraction of sp³-hybridized carbons (Fsp3) is 1.00. The van der Waals surface area contributed by atoms with Crippen molar-refractivity contribution in [3.63, 3.8) is 0 Å². The van der Waals surface area contributed by atoms with E-state index in [0.717, 1.165) is 19.6 Å². The van der Waals surface area contributed by atoms with Crippen molar-refractivity contribution < 1.29 is 9.47 Å². The summed E-state index contributed by atoms with van der Waals surface area (Å²) < 4.78 is 11.3. The van der Waals surface area contributed by atoms with Crippen molar-refractivity contribution in [2.24, 2.45) is 5.92 Å². The number of hydrogen-bond acceptors (Lipinski definition) is 3. The van der Waals surface area contributed by atoms with Crippen LogP contribution in [0.3, 0.4) is 0 Å². The fourth-order valence-corrected chi connectivity index (χ4v) is 2.43. The van der Waals surface area contributed by atoms with Gasteiger partial charge in [-0.25, -0.2) is 0 Å². The van der Waals surface area contributed by atoms with Crippen molar-refractivity contribution in [1.82, 2.24) is 5.32 Å². The number of rotatable bonds is 5. The van der Waals surface area contributed by atoms with Gasteiger partial charge in [0.15, 0.2) is 0 Å². The fourth-order valence-electron chi connectivity index (χ4n) is 2.43. The second kappa shape index (κ2) is 5.99. The molecule has 16 heavy (non-hydrogen) atoms. The first-order chi connectivity index (χ1) is 7.75. The topological polar surface area (TPSA) is 30.5 Å². The van der Waals surface area contributed by atoms with Gasteiger partial charge in [0.1, 0.15) is 6.10 Å². The standard InChI is InChI=1S/C13H25NO2/c1-10(2)13(16-12-8-15-9-12)7-11-5-3-4-6-14-11/h10-14H,3-9H2,1-2H3/t11-,13-/m1/s1. The molecule has 2 rings (SSSR count). The molecule has 0 spiro atoms. The minimum atomic E-state index is 0.357. The first-order valence-electron chi connectivity index (χ1n) is 6.72. The maximum Gasteiger partial charge on any atom is 0.104 e. The van der Waals surface area contributed by atoms with Crippen molar-refractivity contribution in [1.29, 1.82) is 0 Å². The summed E-state index contributed by atoms with van der Waals surface area (Å²) in [5.41, 5.74) is 0. The molecule has 2 saturated heterocycles. The summed E-state index contributed by atoms with van der Waals surface area (Å²) in [4.78, 5) is 0. The molecule has 0 aromatic carbocycles. The Labute approximate surface area is 98.9 Å². The average Bonchev–Trinajstić information content (AvgIpc) is 2.22. The zero-order chi connectivity index (χ0) is 11.4. The second-order valence-electron chi connectivity index (χ2n) is 5.46. The third-order valence-corrected chi connectivity index (χ3v) is 3.65. The van der Waals surface area contributed by atoms with E-state index in [1.54, 1.807) is 0 Å². The summed E-state index contributed by atoms with van der Waals surface area (Å²) in [5, 5.41) is 3.60. The Morgan fingerprint density at radius 3 is 2.62 bits per heavy atom. The van der Waals surface area contributed by atoms with Crippen LogP contribution in [-0.4, -0.2) is 38.0 Å². The highest BCUT2D eigenvalue weighted by atomic mass is 16.6. The van der Waals surface area contributed by atoms with Gasteiger partial charge in [0.25, 0.3) is 0 Å². The number of piperidine rings is 1. The monoisotopic (exact) mass is 227 g/mol. The minimum Gasteiger partial charge on any atom is -0.376 e. The van der Waals surface area contributed by atoms with E-state index >= 15 is 0 Å². The number of hydrogen-bond donors (Lipinski definition) is 1. The lowest BCUT2D eigenvalue weighted by Crippen LogP contribution is -2.44. The first kappa shape index (κ1) is 12.3. The molecule has 0 aromatic rings. The van der Waals surface area contributed by atoms with E-state index < -0.39 is 0 Å². The molecule has 94 valence electrons. The third kappa shape index (κ3) is 3.44. The Hall–Kier alpha value is -0.120. The predicted octanol–water partition coefficient (Wildman–Crippen LogP) is 1.96. The Morgan fingerprint density at radius 1 is 1.31 bits per heavy atom. The summed E-state index contributed by atoms with van der Waals surface area (Å²) in [5.74, 6) is 0.601. The Balaban J connectivity index is 1.76. The Kier molecular flexibility index (Phi) is 4.62. The van der Waals surface area contributed by atoms with Crippen LogP contribution in [0, 0.1) is 5.92 Å². The van der Waals surface area contributed by atoms with Crippen molar-refractivity contribution in [2.75, 3.05) is 19.8 Å². The highest BCUT2D eigenvalue weighted by Gasteiger charge is 2.27. The van der Waals surface area contributed by atoms with Gasteiger partial charge in [0.05, 0.1) is 19.3 Å². The van der Waals surface area contributed by atoms with Crippen molar-refractivity contribution in [3.8, 4) is 0 Å². The van der Waals surface area contributed by atoms with Crippen LogP contribution in [0.1, 0.15) is 39.5 Å². The van der Waals surface area contributed by atoms with Crippen LogP contribution >= 0.6 is 0 Å². The molecule has 2 fully saturated rings. The SMILES string of the molecule is CC(C)[C@@H](C[C@H]1CCCCN1)OC1COC1. The zero-order valence-corrected chi connectivity index (χ0v) is 10.6. The molecule has 0 radical (unpaired) electrons. The van der Waals surface area contributed by atoms with Crippen LogP contribution in [-0.2, 0) is 9.47 Å². The molecular formula is C13H25NO2. The molecule has 0 aliphatic carbocycles. The van der Waals surface area contributed by atoms with Crippen molar-refractivity contribution in [2.45, 2.75) is 57.8 Å². The van der Waals surface area contributed by atoms with Gasteiger partial charge in [-0.3, -0.25) is 0 Å². The van der Waals surface area contributed by atoms with E-state index in [-0.39, 0.29) is 0 Å². The Morgan fingerprint density at radius 2 is 2.12 bits per heavy atom. The lowest BCUT2D eigenvalue weighted by molar-refractivity contribution is -0.165. The average molecular weight is 227 g/mol. The molecular weight excluding hydrogens is 202 g/mol. The maximum absolute atomic E-state index is 6.09. The first-order valence-corrected chi connectivity index (χ1v) is 6.72. The summed E-state index contributed by atoms with van der Waals surface area (Å²) in [6.07, 6.45) is 5.93. The third-order valence-electron chi connectivity index (χ3n) is 3.65. The van der Waals surface area contributed by atoms with E-state index in [1.807, 2.05) is 0 Å². The van der Waals surface area contributed by atoms with Gasteiger partial charge < -0.3 is 14.8 Å². The smallest absolute Gasteiger partial charge is 0.104 e. The summed E-state index contributed by atoms with van der Waals surface area (Å²) >= 11 is 0. The number of nitrogens with one attached hydrogen (secondary N) is 1. The predicted molar refractivity (Wildman–Crippen MR) is 64.6 cm³/mol. The van der Waals surface area contributed by atoms with Gasteiger partial charge in [-0.05, 0) is 31.7 Å². The molecule has 0 bridgehead atoms. The van der Waals surface area contributed by atoms with Gasteiger partial charge in [-0.1, -0.05) is 20.3 Å². The van der Waals surface area contributed by atoms with E-state index in [9.17, 15) is 0 Å². The van der Waals surface area contributed by atoms with Crippen LogP contribution in [0.4, 0.5) is 0 Å². The molecule has 0 amide bonds. The Bertz CT molecular complexity index is 198. The summed E-state index contributed by atoms with van der Waals surface area (Å²) in [6.45, 7) is 7.28. The number of ether oxygens (including phenoxy) is 2. The van der Waals surface area contributed by atoms with Gasteiger partial charge in [-0.15, -0.1) is 0 Å². The second-order valence-corrected chi connectivity index (χ2v) is 5.46. The quantitative estimate of drug-likeness (QED) is 0.779. The van der Waals surface area contributed by atoms with Gasteiger partial charge in [0, 0.05) is 6.04 Å². The van der Waals surface area contributed by atoms with Gasteiger partial charge in [-0.2, -0.15) is 0 Å². The highest BCUT2D eigenvalue weighted by molar-refractivity contribution is 4.79. The lowest BCUT2D eigenvalue weighted by Gasteiger charge is -2.35. The summed E-state index contributed by atoms with van der Waals surface area (Å²) in [6, 6.07) is 0.669. The van der Waals surface area contributed by atoms with Crippen LogP contribution in [0.5, 0.6) is 0 Å².